The second kappa shape index (κ2) is 7.02. The van der Waals surface area contributed by atoms with Gasteiger partial charge in [0.1, 0.15) is 0 Å². The Morgan fingerprint density at radius 3 is 2.87 bits per heavy atom. The van der Waals surface area contributed by atoms with Crippen molar-refractivity contribution in [3.8, 4) is 0 Å². The summed E-state index contributed by atoms with van der Waals surface area (Å²) in [6.07, 6.45) is 7.59. The van der Waals surface area contributed by atoms with Gasteiger partial charge in [-0.2, -0.15) is 0 Å². The van der Waals surface area contributed by atoms with Gasteiger partial charge in [0.05, 0.1) is 0 Å². The fraction of sp³-hybridized carbons (Fsp3) is 0.846. The van der Waals surface area contributed by atoms with E-state index in [4.69, 9.17) is 0 Å². The summed E-state index contributed by atoms with van der Waals surface area (Å²) >= 11 is 0. The molecule has 15 heavy (non-hydrogen) atoms. The maximum absolute atomic E-state index is 4.25. The molecule has 0 aliphatic carbocycles. The fourth-order valence-corrected chi connectivity index (χ4v) is 2.36. The van der Waals surface area contributed by atoms with E-state index >= 15 is 0 Å². The molecule has 1 fully saturated rings. The van der Waals surface area contributed by atoms with Crippen LogP contribution in [0.2, 0.25) is 0 Å². The molecule has 1 rings (SSSR count). The van der Waals surface area contributed by atoms with Crippen molar-refractivity contribution in [2.75, 3.05) is 13.6 Å². The predicted molar refractivity (Wildman–Crippen MR) is 67.2 cm³/mol. The molecule has 2 atom stereocenters. The molecule has 1 heterocycles. The Labute approximate surface area is 94.5 Å². The van der Waals surface area contributed by atoms with Crippen LogP contribution in [0.4, 0.5) is 0 Å². The van der Waals surface area contributed by atoms with E-state index in [1.165, 1.54) is 44.2 Å². The molecule has 0 amide bonds. The van der Waals surface area contributed by atoms with Gasteiger partial charge in [-0.15, -0.1) is 0 Å². The van der Waals surface area contributed by atoms with Gasteiger partial charge in [-0.1, -0.05) is 31.9 Å². The van der Waals surface area contributed by atoms with Crippen molar-refractivity contribution in [3.63, 3.8) is 0 Å². The largest absolute Gasteiger partial charge is 0.317 e. The summed E-state index contributed by atoms with van der Waals surface area (Å²) in [6, 6.07) is 1.19. The summed E-state index contributed by atoms with van der Waals surface area (Å²) in [6.45, 7) is 7.66. The van der Waals surface area contributed by atoms with Crippen molar-refractivity contribution < 1.29 is 0 Å². The Morgan fingerprint density at radius 2 is 2.33 bits per heavy atom. The maximum Gasteiger partial charge on any atom is 0.0277 e. The number of rotatable bonds is 6. The van der Waals surface area contributed by atoms with Gasteiger partial charge >= 0.3 is 0 Å². The van der Waals surface area contributed by atoms with E-state index in [-0.39, 0.29) is 0 Å². The van der Waals surface area contributed by atoms with Crippen LogP contribution in [0.15, 0.2) is 12.2 Å². The van der Waals surface area contributed by atoms with Crippen molar-refractivity contribution in [2.24, 2.45) is 0 Å². The van der Waals surface area contributed by atoms with E-state index in [0.717, 1.165) is 6.42 Å². The molecule has 0 radical (unpaired) electrons. The van der Waals surface area contributed by atoms with Crippen LogP contribution in [0, 0.1) is 0 Å². The lowest BCUT2D eigenvalue weighted by molar-refractivity contribution is 0.414. The Kier molecular flexibility index (Phi) is 5.96. The van der Waals surface area contributed by atoms with Crippen molar-refractivity contribution in [1.82, 2.24) is 10.6 Å². The van der Waals surface area contributed by atoms with Crippen molar-refractivity contribution in [2.45, 2.75) is 57.5 Å². The molecule has 2 N–H and O–H groups in total. The van der Waals surface area contributed by atoms with E-state index in [2.05, 4.69) is 31.2 Å². The molecule has 0 saturated carbocycles. The standard InChI is InChI=1S/C13H26N2/c1-4-7-12(14-3)10-11(2)13-8-5-6-9-15-13/h12-15H,2,4-10H2,1,3H3/t12-,13?/m0/s1. The SMILES string of the molecule is C=C(C[C@H](CCC)NC)C1CCCCN1. The molecule has 88 valence electrons. The number of hydrogen-bond donors (Lipinski definition) is 2. The Bertz CT molecular complexity index is 183. The van der Waals surface area contributed by atoms with Gasteiger partial charge in [0, 0.05) is 12.1 Å². The van der Waals surface area contributed by atoms with E-state index in [0.29, 0.717) is 12.1 Å². The summed E-state index contributed by atoms with van der Waals surface area (Å²) in [5, 5.41) is 6.95. The lowest BCUT2D eigenvalue weighted by Gasteiger charge is -2.27. The number of hydrogen-bond acceptors (Lipinski definition) is 2. The zero-order chi connectivity index (χ0) is 11.1. The molecule has 0 bridgehead atoms. The smallest absolute Gasteiger partial charge is 0.0277 e. The van der Waals surface area contributed by atoms with Crippen molar-refractivity contribution in [1.29, 1.82) is 0 Å². The lowest BCUT2D eigenvalue weighted by Crippen LogP contribution is -2.37. The molecule has 1 saturated heterocycles. The van der Waals surface area contributed by atoms with E-state index < -0.39 is 0 Å². The average Bonchev–Trinajstić information content (AvgIpc) is 2.29. The van der Waals surface area contributed by atoms with Crippen LogP contribution in [0.3, 0.4) is 0 Å². The molecule has 2 heteroatoms. The molecule has 1 aliphatic heterocycles. The van der Waals surface area contributed by atoms with Gasteiger partial charge in [-0.3, -0.25) is 0 Å². The predicted octanol–water partition coefficient (Wildman–Crippen LogP) is 2.46. The first-order chi connectivity index (χ1) is 7.27. The Balaban J connectivity index is 2.31. The first-order valence-electron chi connectivity index (χ1n) is 6.36. The molecular formula is C13H26N2. The summed E-state index contributed by atoms with van der Waals surface area (Å²) in [7, 11) is 2.06. The Hall–Kier alpha value is -0.340. The third-order valence-corrected chi connectivity index (χ3v) is 3.36. The highest BCUT2D eigenvalue weighted by Gasteiger charge is 2.17. The fourth-order valence-electron chi connectivity index (χ4n) is 2.36. The van der Waals surface area contributed by atoms with Crippen molar-refractivity contribution in [3.05, 3.63) is 12.2 Å². The highest BCUT2D eigenvalue weighted by atomic mass is 14.9. The third kappa shape index (κ3) is 4.35. The van der Waals surface area contributed by atoms with Crippen molar-refractivity contribution >= 4 is 0 Å². The zero-order valence-electron chi connectivity index (χ0n) is 10.3. The topological polar surface area (TPSA) is 24.1 Å². The highest BCUT2D eigenvalue weighted by molar-refractivity contribution is 5.08. The maximum atomic E-state index is 4.25. The quantitative estimate of drug-likeness (QED) is 0.658. The van der Waals surface area contributed by atoms with E-state index in [1.54, 1.807) is 0 Å². The number of piperidine rings is 1. The van der Waals surface area contributed by atoms with Gasteiger partial charge < -0.3 is 10.6 Å². The second-order valence-electron chi connectivity index (χ2n) is 4.64. The average molecular weight is 210 g/mol. The minimum atomic E-state index is 0.575. The van der Waals surface area contributed by atoms with Gasteiger partial charge in [-0.25, -0.2) is 0 Å². The second-order valence-corrected chi connectivity index (χ2v) is 4.64. The number of nitrogens with one attached hydrogen (secondary N) is 2. The minimum Gasteiger partial charge on any atom is -0.317 e. The van der Waals surface area contributed by atoms with E-state index in [1.807, 2.05) is 0 Å². The van der Waals surface area contributed by atoms with Crippen LogP contribution in [-0.2, 0) is 0 Å². The zero-order valence-corrected chi connectivity index (χ0v) is 10.3. The molecule has 0 spiro atoms. The molecule has 0 aromatic carbocycles. The monoisotopic (exact) mass is 210 g/mol. The van der Waals surface area contributed by atoms with Gasteiger partial charge in [0.15, 0.2) is 0 Å². The van der Waals surface area contributed by atoms with Crippen LogP contribution in [0.1, 0.15) is 45.4 Å². The van der Waals surface area contributed by atoms with Crippen LogP contribution in [0.25, 0.3) is 0 Å². The van der Waals surface area contributed by atoms with E-state index in [9.17, 15) is 0 Å². The van der Waals surface area contributed by atoms with Crippen LogP contribution < -0.4 is 10.6 Å². The summed E-state index contributed by atoms with van der Waals surface area (Å²) in [5.41, 5.74) is 1.39. The van der Waals surface area contributed by atoms with Crippen LogP contribution in [-0.4, -0.2) is 25.7 Å². The molecular weight excluding hydrogens is 184 g/mol. The first kappa shape index (κ1) is 12.7. The molecule has 1 unspecified atom stereocenters. The van der Waals surface area contributed by atoms with Gasteiger partial charge in [0.25, 0.3) is 0 Å². The summed E-state index contributed by atoms with van der Waals surface area (Å²) < 4.78 is 0. The third-order valence-electron chi connectivity index (χ3n) is 3.36. The first-order valence-corrected chi connectivity index (χ1v) is 6.36. The molecule has 2 nitrogen and oxygen atoms in total. The minimum absolute atomic E-state index is 0.575. The molecule has 0 aromatic heterocycles. The Morgan fingerprint density at radius 1 is 1.53 bits per heavy atom. The lowest BCUT2D eigenvalue weighted by atomic mass is 9.93. The van der Waals surface area contributed by atoms with Crippen LogP contribution in [0.5, 0.6) is 0 Å². The summed E-state index contributed by atoms with van der Waals surface area (Å²) in [4.78, 5) is 0. The van der Waals surface area contributed by atoms with Crippen LogP contribution >= 0.6 is 0 Å². The van der Waals surface area contributed by atoms with Gasteiger partial charge in [0.2, 0.25) is 0 Å². The highest BCUT2D eigenvalue weighted by Crippen LogP contribution is 2.18. The molecule has 1 aliphatic rings. The van der Waals surface area contributed by atoms with Gasteiger partial charge in [-0.05, 0) is 39.3 Å². The normalized spacial score (nSPS) is 23.7. The summed E-state index contributed by atoms with van der Waals surface area (Å²) in [5.74, 6) is 0. The molecule has 0 aromatic rings.